The van der Waals surface area contributed by atoms with E-state index in [9.17, 15) is 49.3 Å². The Kier molecular flexibility index (Phi) is 12.9. The van der Waals surface area contributed by atoms with E-state index in [1.165, 1.54) is 0 Å². The lowest BCUT2D eigenvalue weighted by Gasteiger charge is -2.48. The van der Waals surface area contributed by atoms with Crippen molar-refractivity contribution < 1.29 is 73.4 Å². The monoisotopic (exact) mass is 635 g/mol. The molecule has 2 heterocycles. The van der Waals surface area contributed by atoms with Gasteiger partial charge >= 0.3 is 0 Å². The van der Waals surface area contributed by atoms with Crippen LogP contribution in [0.4, 0.5) is 8.78 Å². The first-order valence-electron chi connectivity index (χ1n) is 13.7. The van der Waals surface area contributed by atoms with Gasteiger partial charge in [-0.25, -0.2) is 8.78 Å². The molecular formula is C23H43F2N5O13. The van der Waals surface area contributed by atoms with E-state index in [0.29, 0.717) is 0 Å². The largest absolute Gasteiger partial charge is 0.395 e. The van der Waals surface area contributed by atoms with Crippen molar-refractivity contribution in [1.82, 2.24) is 10.6 Å². The third kappa shape index (κ3) is 8.30. The Balaban J connectivity index is 1.83. The zero-order valence-corrected chi connectivity index (χ0v) is 23.0. The number of amides is 1. The van der Waals surface area contributed by atoms with Crippen molar-refractivity contribution in [2.75, 3.05) is 32.8 Å². The zero-order valence-electron chi connectivity index (χ0n) is 23.0. The van der Waals surface area contributed by atoms with Crippen LogP contribution >= 0.6 is 0 Å². The number of carbonyl (C=O) groups is 1. The smallest absolute Gasteiger partial charge is 0.294 e. The van der Waals surface area contributed by atoms with E-state index >= 15 is 0 Å². The van der Waals surface area contributed by atoms with Crippen LogP contribution in [0.3, 0.4) is 0 Å². The Morgan fingerprint density at radius 1 is 0.977 bits per heavy atom. The first-order valence-corrected chi connectivity index (χ1v) is 13.7. The van der Waals surface area contributed by atoms with E-state index in [2.05, 4.69) is 10.6 Å². The molecule has 0 spiro atoms. The third-order valence-corrected chi connectivity index (χ3v) is 7.70. The quantitative estimate of drug-likeness (QED) is 0.0885. The molecule has 0 radical (unpaired) electrons. The number of halogens is 2. The Morgan fingerprint density at radius 3 is 2.26 bits per heavy atom. The molecular weight excluding hydrogens is 592 g/mol. The molecule has 15 unspecified atom stereocenters. The molecule has 2 saturated heterocycles. The number of hydrogen-bond donors (Lipinski definition) is 13. The first-order chi connectivity index (χ1) is 20.1. The van der Waals surface area contributed by atoms with Crippen LogP contribution in [0, 0.1) is 0 Å². The maximum atomic E-state index is 13.9. The van der Waals surface area contributed by atoms with Crippen molar-refractivity contribution in [3.63, 3.8) is 0 Å². The summed E-state index contributed by atoms with van der Waals surface area (Å²) in [7, 11) is 0. The van der Waals surface area contributed by atoms with Crippen molar-refractivity contribution in [3.8, 4) is 0 Å². The van der Waals surface area contributed by atoms with Gasteiger partial charge in [0.15, 0.2) is 18.7 Å². The Hall–Kier alpha value is -1.31. The summed E-state index contributed by atoms with van der Waals surface area (Å²) in [5.74, 6) is -5.58. The van der Waals surface area contributed by atoms with Crippen LogP contribution in [0.1, 0.15) is 6.42 Å². The van der Waals surface area contributed by atoms with Gasteiger partial charge in [-0.05, 0) is 6.42 Å². The number of nitrogens with two attached hydrogens (primary N) is 3. The van der Waals surface area contributed by atoms with Gasteiger partial charge in [-0.2, -0.15) is 0 Å². The second-order valence-corrected chi connectivity index (χ2v) is 10.9. The molecule has 0 aromatic heterocycles. The van der Waals surface area contributed by atoms with Crippen molar-refractivity contribution in [1.29, 1.82) is 0 Å². The van der Waals surface area contributed by atoms with E-state index in [1.54, 1.807) is 0 Å². The molecule has 15 atom stereocenters. The molecule has 0 aromatic rings. The summed E-state index contributed by atoms with van der Waals surface area (Å²) >= 11 is 0. The topological polar surface area (TPSA) is 318 Å². The number of nitrogens with one attached hydrogen (secondary N) is 2. The van der Waals surface area contributed by atoms with Gasteiger partial charge in [0.25, 0.3) is 11.8 Å². The molecule has 0 aromatic carbocycles. The van der Waals surface area contributed by atoms with Gasteiger partial charge in [0, 0.05) is 19.1 Å². The highest BCUT2D eigenvalue weighted by atomic mass is 19.3. The van der Waals surface area contributed by atoms with Crippen molar-refractivity contribution in [2.24, 2.45) is 17.2 Å². The lowest BCUT2D eigenvalue weighted by Crippen LogP contribution is -2.69. The summed E-state index contributed by atoms with van der Waals surface area (Å²) in [5, 5.41) is 86.5. The lowest BCUT2D eigenvalue weighted by atomic mass is 9.83. The zero-order chi connectivity index (χ0) is 32.2. The number of alkyl halides is 2. The molecule has 3 fully saturated rings. The molecule has 1 aliphatic carbocycles. The standard InChI is InChI=1S/C23H43F2N5O13/c24-23(25,6-26)19(38)20(39)30-8-3-7(27)17(16(37)18(8)43-21-13(34)11(28)9(32)5-40-21)42-22-15(36)14(35)12(33)10(41-22)4-29-1-2-31/h7-19,21-22,29,31-38H,1-6,26-28H2,(H,30,39). The number of aliphatic hydroxyl groups excluding tert-OH is 8. The molecule has 16 N–H and O–H groups in total. The molecule has 18 nitrogen and oxygen atoms in total. The molecule has 3 aliphatic rings. The average Bonchev–Trinajstić information content (AvgIpc) is 2.97. The normalized spacial score (nSPS) is 43.3. The second-order valence-electron chi connectivity index (χ2n) is 10.9. The van der Waals surface area contributed by atoms with E-state index in [4.69, 9.17) is 41.3 Å². The van der Waals surface area contributed by atoms with Gasteiger partial charge in [0.2, 0.25) is 0 Å². The summed E-state index contributed by atoms with van der Waals surface area (Å²) in [6, 6.07) is -3.87. The van der Waals surface area contributed by atoms with Crippen LogP contribution in [0.25, 0.3) is 0 Å². The lowest BCUT2D eigenvalue weighted by molar-refractivity contribution is -0.328. The minimum Gasteiger partial charge on any atom is -0.395 e. The SMILES string of the molecule is NCC(F)(F)C(O)C(=O)NC1CC(N)C(OC2OC(CNCCO)C(O)C(O)C2O)C(O)C1OC1OCC(O)C(N)C1O. The molecule has 3 rings (SSSR count). The minimum atomic E-state index is -4.00. The highest BCUT2D eigenvalue weighted by Crippen LogP contribution is 2.31. The maximum absolute atomic E-state index is 13.9. The minimum absolute atomic E-state index is 0.0801. The van der Waals surface area contributed by atoms with Crippen molar-refractivity contribution >= 4 is 5.91 Å². The average molecular weight is 636 g/mol. The van der Waals surface area contributed by atoms with Gasteiger partial charge in [0.1, 0.15) is 48.8 Å². The summed E-state index contributed by atoms with van der Waals surface area (Å²) in [4.78, 5) is 12.5. The van der Waals surface area contributed by atoms with Crippen LogP contribution in [0.5, 0.6) is 0 Å². The number of hydrogen-bond acceptors (Lipinski definition) is 17. The summed E-state index contributed by atoms with van der Waals surface area (Å²) in [6.07, 6.45) is -20.8. The summed E-state index contributed by atoms with van der Waals surface area (Å²) in [5.41, 5.74) is 16.9. The number of carbonyl (C=O) groups excluding carboxylic acids is 1. The van der Waals surface area contributed by atoms with Gasteiger partial charge in [-0.3, -0.25) is 4.79 Å². The third-order valence-electron chi connectivity index (χ3n) is 7.70. The van der Waals surface area contributed by atoms with E-state index in [1.807, 2.05) is 0 Å². The Bertz CT molecular complexity index is 903. The predicted octanol–water partition coefficient (Wildman–Crippen LogP) is -7.92. The number of ether oxygens (including phenoxy) is 4. The number of aliphatic hydroxyl groups is 8. The summed E-state index contributed by atoms with van der Waals surface area (Å²) in [6.45, 7) is -1.94. The highest BCUT2D eigenvalue weighted by Gasteiger charge is 2.52. The van der Waals surface area contributed by atoms with Gasteiger partial charge in [0.05, 0.1) is 37.9 Å². The molecule has 252 valence electrons. The second kappa shape index (κ2) is 15.3. The van der Waals surface area contributed by atoms with Crippen molar-refractivity contribution in [2.45, 2.75) is 104 Å². The van der Waals surface area contributed by atoms with E-state index in [0.717, 1.165) is 0 Å². The molecule has 43 heavy (non-hydrogen) atoms. The van der Waals surface area contributed by atoms with Crippen LogP contribution in [0.2, 0.25) is 0 Å². The molecule has 1 saturated carbocycles. The van der Waals surface area contributed by atoms with Crippen LogP contribution in [-0.2, 0) is 23.7 Å². The molecule has 2 aliphatic heterocycles. The van der Waals surface area contributed by atoms with Crippen molar-refractivity contribution in [3.05, 3.63) is 0 Å². The fourth-order valence-corrected chi connectivity index (χ4v) is 5.07. The Labute approximate surface area is 244 Å². The van der Waals surface area contributed by atoms with Gasteiger partial charge in [-0.1, -0.05) is 0 Å². The maximum Gasteiger partial charge on any atom is 0.294 e. The van der Waals surface area contributed by atoms with Gasteiger partial charge < -0.3 is 87.6 Å². The molecule has 1 amide bonds. The first kappa shape index (κ1) is 36.2. The fourth-order valence-electron chi connectivity index (χ4n) is 5.07. The summed E-state index contributed by atoms with van der Waals surface area (Å²) < 4.78 is 50.1. The van der Waals surface area contributed by atoms with Crippen LogP contribution in [0.15, 0.2) is 0 Å². The molecule has 0 bridgehead atoms. The van der Waals surface area contributed by atoms with Gasteiger partial charge in [-0.15, -0.1) is 0 Å². The van der Waals surface area contributed by atoms with E-state index in [-0.39, 0.29) is 26.1 Å². The predicted molar refractivity (Wildman–Crippen MR) is 137 cm³/mol. The highest BCUT2D eigenvalue weighted by molar-refractivity contribution is 5.82. The van der Waals surface area contributed by atoms with Crippen LogP contribution in [-0.4, -0.2) is 177 Å². The fraction of sp³-hybridized carbons (Fsp3) is 0.957. The van der Waals surface area contributed by atoms with E-state index < -0.39 is 117 Å². The van der Waals surface area contributed by atoms with Crippen LogP contribution < -0.4 is 27.8 Å². The Morgan fingerprint density at radius 2 is 1.63 bits per heavy atom. The molecule has 20 heteroatoms. The number of rotatable bonds is 12.